The fraction of sp³-hybridized carbons (Fsp3) is 0.360. The molecule has 6 nitrogen and oxygen atoms in total. The summed E-state index contributed by atoms with van der Waals surface area (Å²) in [6, 6.07) is 9.57. The van der Waals surface area contributed by atoms with E-state index < -0.39 is 12.6 Å². The van der Waals surface area contributed by atoms with Gasteiger partial charge in [0.2, 0.25) is 0 Å². The van der Waals surface area contributed by atoms with Crippen LogP contribution in [-0.4, -0.2) is 42.5 Å². The fourth-order valence-corrected chi connectivity index (χ4v) is 2.40. The highest BCUT2D eigenvalue weighted by molar-refractivity contribution is 5.92. The van der Waals surface area contributed by atoms with Gasteiger partial charge in [-0.15, -0.1) is 0 Å². The van der Waals surface area contributed by atoms with E-state index in [4.69, 9.17) is 9.84 Å². The average molecular weight is 463 g/mol. The molecular weight excluding hydrogens is 430 g/mol. The molecule has 0 saturated heterocycles. The lowest BCUT2D eigenvalue weighted by Gasteiger charge is -2.12. The number of halogens is 2. The van der Waals surface area contributed by atoms with Gasteiger partial charge in [-0.2, -0.15) is 8.78 Å². The second kappa shape index (κ2) is 13.9. The zero-order chi connectivity index (χ0) is 25.0. The van der Waals surface area contributed by atoms with Crippen LogP contribution in [0, 0.1) is 13.8 Å². The molecule has 1 N–H and O–H groups in total. The molecule has 0 unspecified atom stereocenters. The molecule has 0 fully saturated rings. The van der Waals surface area contributed by atoms with Gasteiger partial charge in [-0.1, -0.05) is 25.6 Å². The molecule has 0 aromatic heterocycles. The van der Waals surface area contributed by atoms with Gasteiger partial charge in [0.25, 0.3) is 0 Å². The predicted octanol–water partition coefficient (Wildman–Crippen LogP) is 6.34. The van der Waals surface area contributed by atoms with Gasteiger partial charge in [-0.25, -0.2) is 9.79 Å². The van der Waals surface area contributed by atoms with Crippen molar-refractivity contribution in [1.82, 2.24) is 4.90 Å². The van der Waals surface area contributed by atoms with E-state index in [0.717, 1.165) is 23.4 Å². The summed E-state index contributed by atoms with van der Waals surface area (Å²) in [5, 5.41) is 8.17. The number of alkyl halides is 2. The molecule has 0 spiro atoms. The molecule has 0 saturated carbocycles. The Labute approximate surface area is 194 Å². The molecular formula is C25H32F2N2O4. The minimum atomic E-state index is -2.87. The number of benzene rings is 2. The Morgan fingerprint density at radius 1 is 1.18 bits per heavy atom. The number of hydrogen-bond donors (Lipinski definition) is 1. The monoisotopic (exact) mass is 462 g/mol. The fourth-order valence-electron chi connectivity index (χ4n) is 2.40. The summed E-state index contributed by atoms with van der Waals surface area (Å²) in [6.45, 7) is 8.84. The van der Waals surface area contributed by atoms with Crippen molar-refractivity contribution >= 4 is 18.0 Å². The maximum Gasteiger partial charge on any atom is 0.387 e. The number of aryl methyl sites for hydroxylation is 2. The molecule has 2 aromatic rings. The molecule has 0 amide bonds. The van der Waals surface area contributed by atoms with Crippen LogP contribution in [0.2, 0.25) is 0 Å². The number of rotatable bonds is 9. The van der Waals surface area contributed by atoms with Gasteiger partial charge in [-0.05, 0) is 61.7 Å². The van der Waals surface area contributed by atoms with Crippen molar-refractivity contribution < 1.29 is 28.2 Å². The van der Waals surface area contributed by atoms with E-state index in [1.54, 1.807) is 24.5 Å². The Kier molecular flexibility index (Phi) is 11.6. The van der Waals surface area contributed by atoms with Crippen LogP contribution in [0.5, 0.6) is 5.75 Å². The number of aliphatic hydroxyl groups is 1. The second-order valence-corrected chi connectivity index (χ2v) is 7.29. The van der Waals surface area contributed by atoms with Gasteiger partial charge in [0, 0.05) is 20.0 Å². The van der Waals surface area contributed by atoms with E-state index in [-0.39, 0.29) is 18.1 Å². The molecule has 180 valence electrons. The summed E-state index contributed by atoms with van der Waals surface area (Å²) in [4.78, 5) is 18.8. The highest BCUT2D eigenvalue weighted by atomic mass is 19.3. The minimum Gasteiger partial charge on any atom is -0.513 e. The Morgan fingerprint density at radius 3 is 2.30 bits per heavy atom. The van der Waals surface area contributed by atoms with Gasteiger partial charge in [0.15, 0.2) is 0 Å². The minimum absolute atomic E-state index is 0.0352. The number of esters is 1. The lowest BCUT2D eigenvalue weighted by atomic mass is 10.0. The first-order valence-corrected chi connectivity index (χ1v) is 10.5. The molecule has 0 radical (unpaired) electrons. The summed E-state index contributed by atoms with van der Waals surface area (Å²) >= 11 is 0. The highest BCUT2D eigenvalue weighted by Crippen LogP contribution is 2.24. The Morgan fingerprint density at radius 2 is 1.79 bits per heavy atom. The van der Waals surface area contributed by atoms with Crippen LogP contribution in [0.25, 0.3) is 0 Å². The molecule has 0 bridgehead atoms. The average Bonchev–Trinajstić information content (AvgIpc) is 2.78. The van der Waals surface area contributed by atoms with E-state index in [1.807, 2.05) is 45.7 Å². The van der Waals surface area contributed by atoms with Crippen molar-refractivity contribution in [2.75, 3.05) is 13.6 Å². The number of aliphatic hydroxyl groups excluding tert-OH is 1. The van der Waals surface area contributed by atoms with Crippen molar-refractivity contribution in [2.24, 2.45) is 4.99 Å². The third-order valence-electron chi connectivity index (χ3n) is 4.58. The van der Waals surface area contributed by atoms with Crippen LogP contribution in [0.1, 0.15) is 47.3 Å². The van der Waals surface area contributed by atoms with E-state index >= 15 is 0 Å². The van der Waals surface area contributed by atoms with Crippen LogP contribution in [0.15, 0.2) is 53.7 Å². The van der Waals surface area contributed by atoms with Gasteiger partial charge in [-0.3, -0.25) is 0 Å². The summed E-state index contributed by atoms with van der Waals surface area (Å²) in [6.07, 6.45) is 2.42. The number of carbonyl (C=O) groups is 1. The first kappa shape index (κ1) is 27.6. The summed E-state index contributed by atoms with van der Waals surface area (Å²) < 4.78 is 34.0. The molecule has 0 atom stereocenters. The molecule has 0 aliphatic rings. The van der Waals surface area contributed by atoms with Crippen LogP contribution in [-0.2, 0) is 11.3 Å². The maximum absolute atomic E-state index is 12.4. The Balaban J connectivity index is 0.000000981. The number of ether oxygens (including phenoxy) is 2. The van der Waals surface area contributed by atoms with E-state index in [0.29, 0.717) is 17.5 Å². The quantitative estimate of drug-likeness (QED) is 0.204. The topological polar surface area (TPSA) is 71.4 Å². The lowest BCUT2D eigenvalue weighted by Crippen LogP contribution is -2.14. The molecule has 0 aliphatic heterocycles. The first-order chi connectivity index (χ1) is 15.6. The second-order valence-electron chi connectivity index (χ2n) is 7.29. The lowest BCUT2D eigenvalue weighted by molar-refractivity contribution is -0.0498. The summed E-state index contributed by atoms with van der Waals surface area (Å²) in [7, 11) is 1.93. The zero-order valence-corrected chi connectivity index (χ0v) is 19.8. The molecule has 2 rings (SSSR count). The Bertz CT molecular complexity index is 944. The largest absolute Gasteiger partial charge is 0.513 e. The van der Waals surface area contributed by atoms with Gasteiger partial charge >= 0.3 is 12.6 Å². The van der Waals surface area contributed by atoms with Crippen LogP contribution >= 0.6 is 0 Å². The number of carbonyl (C=O) groups excluding carboxylic acids is 1. The Hall–Kier alpha value is -3.42. The summed E-state index contributed by atoms with van der Waals surface area (Å²) in [5.74, 6) is -0.138. The predicted molar refractivity (Wildman–Crippen MR) is 127 cm³/mol. The third kappa shape index (κ3) is 10.2. The van der Waals surface area contributed by atoms with Crippen molar-refractivity contribution in [1.29, 1.82) is 0 Å². The van der Waals surface area contributed by atoms with Gasteiger partial charge in [0.05, 0.1) is 23.3 Å². The SMILES string of the molecule is C=C(O)CC.CCN(C)C=Nc1cc(C)c(C(=O)OCc2ccc(OC(F)F)cc2)cc1C. The smallest absolute Gasteiger partial charge is 0.387 e. The van der Waals surface area contributed by atoms with Gasteiger partial charge < -0.3 is 19.5 Å². The van der Waals surface area contributed by atoms with E-state index in [9.17, 15) is 13.6 Å². The van der Waals surface area contributed by atoms with Crippen LogP contribution in [0.4, 0.5) is 14.5 Å². The summed E-state index contributed by atoms with van der Waals surface area (Å²) in [5.41, 5.74) is 3.57. The molecule has 0 heterocycles. The van der Waals surface area contributed by atoms with Crippen molar-refractivity contribution in [2.45, 2.75) is 47.3 Å². The zero-order valence-electron chi connectivity index (χ0n) is 19.8. The standard InChI is InChI=1S/C21H24F2N2O3.C4H8O/c1-5-25(4)13-24-19-11-14(2)18(10-15(19)3)20(26)27-12-16-6-8-17(9-7-16)28-21(22)23;1-3-4(2)5/h6-11,13,21H,5,12H2,1-4H3;5H,2-3H2,1H3. The van der Waals surface area contributed by atoms with Crippen molar-refractivity contribution in [3.05, 3.63) is 71.0 Å². The van der Waals surface area contributed by atoms with Crippen LogP contribution < -0.4 is 4.74 Å². The van der Waals surface area contributed by atoms with Gasteiger partial charge in [0.1, 0.15) is 12.4 Å². The first-order valence-electron chi connectivity index (χ1n) is 10.5. The molecule has 8 heteroatoms. The molecule has 2 aromatic carbocycles. The normalized spacial score (nSPS) is 10.5. The highest BCUT2D eigenvalue weighted by Gasteiger charge is 2.13. The molecule has 0 aliphatic carbocycles. The third-order valence-corrected chi connectivity index (χ3v) is 4.58. The van der Waals surface area contributed by atoms with E-state index in [1.165, 1.54) is 12.1 Å². The maximum atomic E-state index is 12.4. The van der Waals surface area contributed by atoms with Crippen molar-refractivity contribution in [3.8, 4) is 5.75 Å². The van der Waals surface area contributed by atoms with Crippen molar-refractivity contribution in [3.63, 3.8) is 0 Å². The molecule has 33 heavy (non-hydrogen) atoms. The van der Waals surface area contributed by atoms with Crippen LogP contribution in [0.3, 0.4) is 0 Å². The number of allylic oxidation sites excluding steroid dienone is 1. The van der Waals surface area contributed by atoms with E-state index in [2.05, 4.69) is 16.3 Å². The number of nitrogens with zero attached hydrogens (tertiary/aromatic N) is 2. The number of aliphatic imine (C=N–C) groups is 1. The number of hydrogen-bond acceptors (Lipinski definition) is 5.